The smallest absolute Gasteiger partial charge is 0.156 e. The Balaban J connectivity index is 2.20. The zero-order valence-electron chi connectivity index (χ0n) is 10.6. The highest BCUT2D eigenvalue weighted by atomic mass is 16.5. The molecule has 17 heavy (non-hydrogen) atoms. The summed E-state index contributed by atoms with van der Waals surface area (Å²) in [5.41, 5.74) is 3.47. The largest absolute Gasteiger partial charge is 0.364 e. The Morgan fingerprint density at radius 3 is 2.59 bits per heavy atom. The standard InChI is InChI=1S/C14H18N2O/c1-4-16(10-13-9-12(3)15-17-13)14-8-6-5-7-11(14)2/h5-9H,4,10H2,1-3H3. The van der Waals surface area contributed by atoms with Gasteiger partial charge in [-0.25, -0.2) is 0 Å². The predicted molar refractivity (Wildman–Crippen MR) is 69.1 cm³/mol. The maximum absolute atomic E-state index is 5.27. The fourth-order valence-electron chi connectivity index (χ4n) is 1.96. The summed E-state index contributed by atoms with van der Waals surface area (Å²) in [6, 6.07) is 10.4. The van der Waals surface area contributed by atoms with Crippen LogP contribution in [0.4, 0.5) is 5.69 Å². The number of para-hydroxylation sites is 1. The first-order chi connectivity index (χ1) is 8.20. The first kappa shape index (κ1) is 11.7. The lowest BCUT2D eigenvalue weighted by atomic mass is 10.2. The quantitative estimate of drug-likeness (QED) is 0.807. The average Bonchev–Trinajstić information content (AvgIpc) is 2.73. The monoisotopic (exact) mass is 230 g/mol. The summed E-state index contributed by atoms with van der Waals surface area (Å²) in [6.45, 7) is 7.93. The Morgan fingerprint density at radius 2 is 2.00 bits per heavy atom. The van der Waals surface area contributed by atoms with Gasteiger partial charge in [-0.3, -0.25) is 0 Å². The minimum absolute atomic E-state index is 0.766. The Kier molecular flexibility index (Phi) is 3.47. The first-order valence-electron chi connectivity index (χ1n) is 5.93. The van der Waals surface area contributed by atoms with Gasteiger partial charge < -0.3 is 9.42 Å². The number of benzene rings is 1. The number of rotatable bonds is 4. The molecule has 0 N–H and O–H groups in total. The fraction of sp³-hybridized carbons (Fsp3) is 0.357. The summed E-state index contributed by atoms with van der Waals surface area (Å²) < 4.78 is 5.27. The van der Waals surface area contributed by atoms with Crippen LogP contribution in [0.2, 0.25) is 0 Å². The molecule has 1 aromatic heterocycles. The summed E-state index contributed by atoms with van der Waals surface area (Å²) in [5, 5.41) is 3.92. The lowest BCUT2D eigenvalue weighted by molar-refractivity contribution is 0.378. The van der Waals surface area contributed by atoms with E-state index < -0.39 is 0 Å². The van der Waals surface area contributed by atoms with E-state index in [1.165, 1.54) is 11.3 Å². The molecule has 0 aliphatic carbocycles. The third kappa shape index (κ3) is 2.67. The number of aryl methyl sites for hydroxylation is 2. The van der Waals surface area contributed by atoms with Crippen molar-refractivity contribution in [3.8, 4) is 0 Å². The SMILES string of the molecule is CCN(Cc1cc(C)no1)c1ccccc1C. The second-order valence-electron chi connectivity index (χ2n) is 4.24. The minimum Gasteiger partial charge on any atom is -0.364 e. The summed E-state index contributed by atoms with van der Waals surface area (Å²) in [4.78, 5) is 2.29. The van der Waals surface area contributed by atoms with E-state index in [-0.39, 0.29) is 0 Å². The Labute approximate surface area is 102 Å². The van der Waals surface area contributed by atoms with Gasteiger partial charge in [0, 0.05) is 18.3 Å². The highest BCUT2D eigenvalue weighted by molar-refractivity contribution is 5.52. The molecule has 0 amide bonds. The van der Waals surface area contributed by atoms with Crippen molar-refractivity contribution in [1.82, 2.24) is 5.16 Å². The normalized spacial score (nSPS) is 10.5. The highest BCUT2D eigenvalue weighted by Gasteiger charge is 2.10. The number of nitrogens with zero attached hydrogens (tertiary/aromatic N) is 2. The molecule has 0 aliphatic heterocycles. The molecule has 0 saturated heterocycles. The summed E-state index contributed by atoms with van der Waals surface area (Å²) >= 11 is 0. The van der Waals surface area contributed by atoms with Crippen molar-refractivity contribution in [2.24, 2.45) is 0 Å². The summed E-state index contributed by atoms with van der Waals surface area (Å²) in [7, 11) is 0. The molecule has 3 heteroatoms. The van der Waals surface area contributed by atoms with Crippen LogP contribution >= 0.6 is 0 Å². The van der Waals surface area contributed by atoms with Gasteiger partial charge >= 0.3 is 0 Å². The third-order valence-electron chi connectivity index (χ3n) is 2.86. The van der Waals surface area contributed by atoms with Gasteiger partial charge in [0.25, 0.3) is 0 Å². The molecule has 2 aromatic rings. The van der Waals surface area contributed by atoms with E-state index >= 15 is 0 Å². The first-order valence-corrected chi connectivity index (χ1v) is 5.93. The molecule has 2 rings (SSSR count). The second-order valence-corrected chi connectivity index (χ2v) is 4.24. The molecule has 90 valence electrons. The molecule has 1 aromatic carbocycles. The van der Waals surface area contributed by atoms with E-state index in [0.29, 0.717) is 0 Å². The Morgan fingerprint density at radius 1 is 1.24 bits per heavy atom. The maximum Gasteiger partial charge on any atom is 0.156 e. The van der Waals surface area contributed by atoms with Crippen molar-refractivity contribution >= 4 is 5.69 Å². The van der Waals surface area contributed by atoms with Gasteiger partial charge in [-0.1, -0.05) is 23.4 Å². The van der Waals surface area contributed by atoms with E-state index in [2.05, 4.69) is 48.2 Å². The predicted octanol–water partition coefficient (Wildman–Crippen LogP) is 3.32. The van der Waals surface area contributed by atoms with Crippen LogP contribution in [0.25, 0.3) is 0 Å². The molecule has 0 fully saturated rings. The van der Waals surface area contributed by atoms with Gasteiger partial charge in [-0.2, -0.15) is 0 Å². The number of hydrogen-bond acceptors (Lipinski definition) is 3. The Bertz CT molecular complexity index is 490. The molecule has 0 atom stereocenters. The van der Waals surface area contributed by atoms with Crippen LogP contribution in [0, 0.1) is 13.8 Å². The van der Waals surface area contributed by atoms with Gasteiger partial charge in [-0.15, -0.1) is 0 Å². The second kappa shape index (κ2) is 5.04. The van der Waals surface area contributed by atoms with Crippen molar-refractivity contribution < 1.29 is 4.52 Å². The van der Waals surface area contributed by atoms with Gasteiger partial charge in [-0.05, 0) is 32.4 Å². The van der Waals surface area contributed by atoms with Crippen molar-refractivity contribution in [3.05, 3.63) is 47.3 Å². The van der Waals surface area contributed by atoms with E-state index in [1.54, 1.807) is 0 Å². The molecule has 0 aliphatic rings. The summed E-state index contributed by atoms with van der Waals surface area (Å²) in [5.74, 6) is 0.910. The van der Waals surface area contributed by atoms with Crippen LogP contribution in [0.1, 0.15) is 23.9 Å². The van der Waals surface area contributed by atoms with Gasteiger partial charge in [0.2, 0.25) is 0 Å². The Hall–Kier alpha value is -1.77. The van der Waals surface area contributed by atoms with Crippen molar-refractivity contribution in [1.29, 1.82) is 0 Å². The molecule has 0 spiro atoms. The average molecular weight is 230 g/mol. The van der Waals surface area contributed by atoms with Crippen LogP contribution in [0.5, 0.6) is 0 Å². The van der Waals surface area contributed by atoms with Crippen LogP contribution in [0.15, 0.2) is 34.9 Å². The zero-order valence-corrected chi connectivity index (χ0v) is 10.6. The van der Waals surface area contributed by atoms with Crippen LogP contribution in [-0.4, -0.2) is 11.7 Å². The topological polar surface area (TPSA) is 29.3 Å². The van der Waals surface area contributed by atoms with Crippen molar-refractivity contribution in [3.63, 3.8) is 0 Å². The van der Waals surface area contributed by atoms with Gasteiger partial charge in [0.1, 0.15) is 0 Å². The molecule has 0 radical (unpaired) electrons. The highest BCUT2D eigenvalue weighted by Crippen LogP contribution is 2.21. The number of aromatic nitrogens is 1. The van der Waals surface area contributed by atoms with Gasteiger partial charge in [0.05, 0.1) is 12.2 Å². The van der Waals surface area contributed by atoms with E-state index in [4.69, 9.17) is 4.52 Å². The molecule has 0 saturated carbocycles. The molecule has 3 nitrogen and oxygen atoms in total. The van der Waals surface area contributed by atoms with Crippen LogP contribution in [-0.2, 0) is 6.54 Å². The lowest BCUT2D eigenvalue weighted by Gasteiger charge is -2.23. The van der Waals surface area contributed by atoms with Crippen molar-refractivity contribution in [2.75, 3.05) is 11.4 Å². The van der Waals surface area contributed by atoms with E-state index in [0.717, 1.165) is 24.5 Å². The van der Waals surface area contributed by atoms with E-state index in [1.807, 2.05) is 13.0 Å². The molecular weight excluding hydrogens is 212 g/mol. The van der Waals surface area contributed by atoms with Crippen LogP contribution < -0.4 is 4.90 Å². The number of hydrogen-bond donors (Lipinski definition) is 0. The maximum atomic E-state index is 5.27. The fourth-order valence-corrected chi connectivity index (χ4v) is 1.96. The molecule has 1 heterocycles. The summed E-state index contributed by atoms with van der Waals surface area (Å²) in [6.07, 6.45) is 0. The lowest BCUT2D eigenvalue weighted by Crippen LogP contribution is -2.22. The zero-order chi connectivity index (χ0) is 12.3. The van der Waals surface area contributed by atoms with Crippen LogP contribution in [0.3, 0.4) is 0 Å². The minimum atomic E-state index is 0.766. The van der Waals surface area contributed by atoms with Crippen molar-refractivity contribution in [2.45, 2.75) is 27.3 Å². The molecule has 0 unspecified atom stereocenters. The van der Waals surface area contributed by atoms with E-state index in [9.17, 15) is 0 Å². The molecular formula is C14H18N2O. The van der Waals surface area contributed by atoms with Gasteiger partial charge in [0.15, 0.2) is 5.76 Å². The molecule has 0 bridgehead atoms. The number of anilines is 1. The third-order valence-corrected chi connectivity index (χ3v) is 2.86.